The number of hydrogen-bond donors (Lipinski definition) is 2. The largest absolute Gasteiger partial charge is 0.495 e. The Labute approximate surface area is 203 Å². The summed E-state index contributed by atoms with van der Waals surface area (Å²) in [4.78, 5) is 12.4. The van der Waals surface area contributed by atoms with Gasteiger partial charge >= 0.3 is 0 Å². The lowest BCUT2D eigenvalue weighted by molar-refractivity contribution is -0.121. The fourth-order valence-corrected chi connectivity index (χ4v) is 3.81. The van der Waals surface area contributed by atoms with Gasteiger partial charge in [0.05, 0.1) is 12.8 Å². The standard InChI is InChI=1S/C24H39Cl3N2O2/c1-3-4-5-6-7-8-9-10-11-12-13-14-19-22(30)29-23(24(25,26)27)28-20-17-15-16-18-21(20)31-2/h15-18,23,28H,3-14,19H2,1-2H3,(H,29,30)/t23-/m0/s1. The first-order valence-corrected chi connectivity index (χ1v) is 12.8. The zero-order chi connectivity index (χ0) is 23.0. The molecule has 0 fully saturated rings. The van der Waals surface area contributed by atoms with Crippen LogP contribution in [0.5, 0.6) is 5.75 Å². The van der Waals surface area contributed by atoms with Crippen LogP contribution in [0.2, 0.25) is 0 Å². The van der Waals surface area contributed by atoms with Crippen LogP contribution in [0.15, 0.2) is 24.3 Å². The van der Waals surface area contributed by atoms with E-state index < -0.39 is 9.96 Å². The van der Waals surface area contributed by atoms with Gasteiger partial charge in [-0.15, -0.1) is 0 Å². The second-order valence-electron chi connectivity index (χ2n) is 8.03. The predicted octanol–water partition coefficient (Wildman–Crippen LogP) is 8.01. The zero-order valence-electron chi connectivity index (χ0n) is 19.0. The Balaban J connectivity index is 2.22. The first kappa shape index (κ1) is 28.2. The second kappa shape index (κ2) is 16.7. The molecule has 4 nitrogen and oxygen atoms in total. The van der Waals surface area contributed by atoms with E-state index in [9.17, 15) is 4.79 Å². The number of halogens is 3. The molecule has 2 N–H and O–H groups in total. The normalized spacial score (nSPS) is 12.4. The van der Waals surface area contributed by atoms with E-state index in [1.165, 1.54) is 57.8 Å². The number of carbonyl (C=O) groups is 1. The Bertz CT molecular complexity index is 609. The summed E-state index contributed by atoms with van der Waals surface area (Å²) in [5.74, 6) is 0.475. The van der Waals surface area contributed by atoms with E-state index >= 15 is 0 Å². The van der Waals surface area contributed by atoms with E-state index in [-0.39, 0.29) is 5.91 Å². The van der Waals surface area contributed by atoms with Crippen LogP contribution in [0.3, 0.4) is 0 Å². The van der Waals surface area contributed by atoms with Crippen molar-refractivity contribution in [3.05, 3.63) is 24.3 Å². The number of benzene rings is 1. The minimum absolute atomic E-state index is 0.134. The lowest BCUT2D eigenvalue weighted by atomic mass is 10.0. The van der Waals surface area contributed by atoms with Gasteiger partial charge in [-0.1, -0.05) is 124 Å². The maximum absolute atomic E-state index is 12.4. The fraction of sp³-hybridized carbons (Fsp3) is 0.708. The van der Waals surface area contributed by atoms with Gasteiger partial charge in [-0.3, -0.25) is 4.79 Å². The first-order valence-electron chi connectivity index (χ1n) is 11.6. The Morgan fingerprint density at radius 2 is 1.42 bits per heavy atom. The van der Waals surface area contributed by atoms with Gasteiger partial charge in [-0.2, -0.15) is 0 Å². The van der Waals surface area contributed by atoms with E-state index in [0.717, 1.165) is 19.3 Å². The smallest absolute Gasteiger partial charge is 0.228 e. The molecule has 0 saturated carbocycles. The predicted molar refractivity (Wildman–Crippen MR) is 135 cm³/mol. The van der Waals surface area contributed by atoms with Crippen LogP contribution in [0, 0.1) is 0 Å². The zero-order valence-corrected chi connectivity index (χ0v) is 21.3. The van der Waals surface area contributed by atoms with Crippen molar-refractivity contribution in [1.29, 1.82) is 0 Å². The maximum Gasteiger partial charge on any atom is 0.228 e. The second-order valence-corrected chi connectivity index (χ2v) is 10.4. The van der Waals surface area contributed by atoms with Crippen molar-refractivity contribution in [2.75, 3.05) is 12.4 Å². The summed E-state index contributed by atoms with van der Waals surface area (Å²) in [6, 6.07) is 7.29. The minimum atomic E-state index is -1.70. The summed E-state index contributed by atoms with van der Waals surface area (Å²) in [6.45, 7) is 2.25. The third-order valence-corrected chi connectivity index (χ3v) is 5.95. The Morgan fingerprint density at radius 3 is 1.94 bits per heavy atom. The molecule has 0 aliphatic carbocycles. The molecule has 0 bridgehead atoms. The number of unbranched alkanes of at least 4 members (excludes halogenated alkanes) is 11. The van der Waals surface area contributed by atoms with E-state index in [0.29, 0.717) is 17.9 Å². The molecular weight excluding hydrogens is 455 g/mol. The first-order chi connectivity index (χ1) is 14.9. The Kier molecular flexibility index (Phi) is 15.2. The maximum atomic E-state index is 12.4. The van der Waals surface area contributed by atoms with Gasteiger partial charge in [0.25, 0.3) is 0 Å². The highest BCUT2D eigenvalue weighted by molar-refractivity contribution is 6.68. The number of ether oxygens (including phenoxy) is 1. The van der Waals surface area contributed by atoms with E-state index in [2.05, 4.69) is 17.6 Å². The molecule has 7 heteroatoms. The molecule has 1 aromatic rings. The van der Waals surface area contributed by atoms with Gasteiger partial charge in [0.2, 0.25) is 9.70 Å². The molecule has 178 valence electrons. The van der Waals surface area contributed by atoms with E-state index in [1.54, 1.807) is 19.2 Å². The number of amides is 1. The van der Waals surface area contributed by atoms with E-state index in [4.69, 9.17) is 39.5 Å². The number of alkyl halides is 3. The van der Waals surface area contributed by atoms with Crippen LogP contribution in [0.1, 0.15) is 90.4 Å². The lowest BCUT2D eigenvalue weighted by Crippen LogP contribution is -2.49. The summed E-state index contributed by atoms with van der Waals surface area (Å²) >= 11 is 18.2. The number of rotatable bonds is 17. The Morgan fingerprint density at radius 1 is 0.903 bits per heavy atom. The minimum Gasteiger partial charge on any atom is -0.495 e. The molecule has 31 heavy (non-hydrogen) atoms. The molecule has 0 aliphatic heterocycles. The van der Waals surface area contributed by atoms with Crippen LogP contribution in [-0.4, -0.2) is 23.0 Å². The number of methoxy groups -OCH3 is 1. The van der Waals surface area contributed by atoms with Gasteiger partial charge in [0, 0.05) is 6.42 Å². The number of hydrogen-bond acceptors (Lipinski definition) is 3. The van der Waals surface area contributed by atoms with Gasteiger partial charge in [-0.05, 0) is 18.6 Å². The molecule has 0 saturated heterocycles. The highest BCUT2D eigenvalue weighted by atomic mass is 35.6. The molecule has 1 aromatic carbocycles. The van der Waals surface area contributed by atoms with Crippen molar-refractivity contribution >= 4 is 46.4 Å². The molecule has 1 atom stereocenters. The Hall–Kier alpha value is -0.840. The average molecular weight is 494 g/mol. The van der Waals surface area contributed by atoms with Gasteiger partial charge in [0.15, 0.2) is 0 Å². The highest BCUT2D eigenvalue weighted by Gasteiger charge is 2.34. The van der Waals surface area contributed by atoms with Crippen molar-refractivity contribution < 1.29 is 9.53 Å². The van der Waals surface area contributed by atoms with Gasteiger partial charge in [0.1, 0.15) is 11.9 Å². The molecule has 0 heterocycles. The topological polar surface area (TPSA) is 50.4 Å². The van der Waals surface area contributed by atoms with Crippen LogP contribution < -0.4 is 15.4 Å². The van der Waals surface area contributed by atoms with E-state index in [1.807, 2.05) is 12.1 Å². The number of nitrogens with one attached hydrogen (secondary N) is 2. The molecule has 0 unspecified atom stereocenters. The van der Waals surface area contributed by atoms with Crippen molar-refractivity contribution in [1.82, 2.24) is 5.32 Å². The molecule has 1 rings (SSSR count). The van der Waals surface area contributed by atoms with Crippen LogP contribution in [0.25, 0.3) is 0 Å². The SMILES string of the molecule is CCCCCCCCCCCCCCC(=O)N[C@H](Nc1ccccc1OC)C(Cl)(Cl)Cl. The summed E-state index contributed by atoms with van der Waals surface area (Å²) in [5, 5.41) is 5.86. The average Bonchev–Trinajstić information content (AvgIpc) is 2.73. The van der Waals surface area contributed by atoms with Gasteiger partial charge < -0.3 is 15.4 Å². The summed E-state index contributed by atoms with van der Waals surface area (Å²) in [5.41, 5.74) is 0.645. The monoisotopic (exact) mass is 492 g/mol. The molecule has 0 aliphatic rings. The van der Waals surface area contributed by atoms with Crippen LogP contribution >= 0.6 is 34.8 Å². The summed E-state index contributed by atoms with van der Waals surface area (Å²) in [6.07, 6.45) is 14.6. The van der Waals surface area contributed by atoms with Crippen LogP contribution in [0.4, 0.5) is 5.69 Å². The van der Waals surface area contributed by atoms with Crippen molar-refractivity contribution in [2.45, 2.75) is 100 Å². The lowest BCUT2D eigenvalue weighted by Gasteiger charge is -2.28. The van der Waals surface area contributed by atoms with Crippen molar-refractivity contribution in [3.63, 3.8) is 0 Å². The molecule has 1 amide bonds. The number of anilines is 1. The quantitative estimate of drug-likeness (QED) is 0.131. The third kappa shape index (κ3) is 13.3. The number of carbonyl (C=O) groups excluding carboxylic acids is 1. The number of para-hydroxylation sites is 2. The van der Waals surface area contributed by atoms with Gasteiger partial charge in [-0.25, -0.2) is 0 Å². The summed E-state index contributed by atoms with van der Waals surface area (Å²) < 4.78 is 3.61. The molecule has 0 spiro atoms. The summed E-state index contributed by atoms with van der Waals surface area (Å²) in [7, 11) is 1.57. The highest BCUT2D eigenvalue weighted by Crippen LogP contribution is 2.33. The molecular formula is C24H39Cl3N2O2. The van der Waals surface area contributed by atoms with Crippen molar-refractivity contribution in [2.24, 2.45) is 0 Å². The third-order valence-electron chi connectivity index (χ3n) is 5.30. The fourth-order valence-electron chi connectivity index (χ4n) is 3.48. The molecule has 0 aromatic heterocycles. The van der Waals surface area contributed by atoms with Crippen LogP contribution in [-0.2, 0) is 4.79 Å². The van der Waals surface area contributed by atoms with Crippen molar-refractivity contribution in [3.8, 4) is 5.75 Å². The molecule has 0 radical (unpaired) electrons.